The predicted octanol–water partition coefficient (Wildman–Crippen LogP) is 8.76. The van der Waals surface area contributed by atoms with Crippen LogP contribution in [0.1, 0.15) is 17.5 Å². The number of carbonyl (C=O) groups excluding carboxylic acids is 2. The number of benzene rings is 3. The van der Waals surface area contributed by atoms with Crippen LogP contribution in [0.5, 0.6) is 5.75 Å². The number of carbonyl (C=O) groups is 2. The van der Waals surface area contributed by atoms with E-state index in [0.29, 0.717) is 33.8 Å². The quantitative estimate of drug-likeness (QED) is 0.220. The molecule has 1 fully saturated rings. The van der Waals surface area contributed by atoms with Crippen molar-refractivity contribution in [3.8, 4) is 5.75 Å². The second-order valence-electron chi connectivity index (χ2n) is 8.26. The summed E-state index contributed by atoms with van der Waals surface area (Å²) < 4.78 is 13.7. The van der Waals surface area contributed by atoms with Gasteiger partial charge >= 0.3 is 12.2 Å². The first-order chi connectivity index (χ1) is 17.9. The van der Waals surface area contributed by atoms with E-state index in [1.54, 1.807) is 42.5 Å². The summed E-state index contributed by atoms with van der Waals surface area (Å²) in [6.07, 6.45) is -0.927. The maximum absolute atomic E-state index is 11.8. The van der Waals surface area contributed by atoms with Gasteiger partial charge in [0.25, 0.3) is 0 Å². The van der Waals surface area contributed by atoms with Crippen LogP contribution in [0.3, 0.4) is 0 Å². The lowest BCUT2D eigenvalue weighted by molar-refractivity contribution is 0.187. The average molecular weight is 621 g/mol. The zero-order valence-corrected chi connectivity index (χ0v) is 24.0. The summed E-state index contributed by atoms with van der Waals surface area (Å²) in [5.74, 6) is 0.305. The van der Waals surface area contributed by atoms with Crippen molar-refractivity contribution in [3.63, 3.8) is 0 Å². The molecule has 0 aliphatic carbocycles. The molecule has 2 amide bonds. The Balaban J connectivity index is 0.000000221. The highest BCUT2D eigenvalue weighted by Crippen LogP contribution is 2.50. The van der Waals surface area contributed by atoms with Crippen LogP contribution in [0.15, 0.2) is 66.7 Å². The Labute approximate surface area is 245 Å². The molecule has 3 aromatic carbocycles. The van der Waals surface area contributed by atoms with Crippen molar-refractivity contribution < 1.29 is 23.8 Å². The summed E-state index contributed by atoms with van der Waals surface area (Å²) in [6.45, 7) is 2.44. The van der Waals surface area contributed by atoms with Crippen molar-refractivity contribution in [1.82, 2.24) is 0 Å². The monoisotopic (exact) mass is 618 g/mol. The van der Waals surface area contributed by atoms with Crippen LogP contribution < -0.4 is 15.4 Å². The Hall–Kier alpha value is -2.39. The molecule has 0 saturated carbocycles. The Bertz CT molecular complexity index is 1270. The molecule has 3 aromatic rings. The molecule has 0 radical (unpaired) electrons. The Morgan fingerprint density at radius 2 is 1.50 bits per heavy atom. The van der Waals surface area contributed by atoms with E-state index in [2.05, 4.69) is 15.4 Å². The normalized spacial score (nSPS) is 16.0. The second kappa shape index (κ2) is 13.1. The fraction of sp³-hybridized carbons (Fsp3) is 0.231. The van der Waals surface area contributed by atoms with Gasteiger partial charge < -0.3 is 14.2 Å². The Kier molecular flexibility index (Phi) is 10.4. The summed E-state index contributed by atoms with van der Waals surface area (Å²) in [7, 11) is 1.27. The third-order valence-electron chi connectivity index (χ3n) is 5.11. The van der Waals surface area contributed by atoms with Gasteiger partial charge in [0.05, 0.1) is 13.7 Å². The summed E-state index contributed by atoms with van der Waals surface area (Å²) in [4.78, 5) is 23.0. The third kappa shape index (κ3) is 9.73. The molecular formula is C26H23Cl5N2O5. The van der Waals surface area contributed by atoms with Gasteiger partial charge in [-0.2, -0.15) is 0 Å². The van der Waals surface area contributed by atoms with E-state index in [9.17, 15) is 9.59 Å². The number of methoxy groups -OCH3 is 1. The first kappa shape index (κ1) is 30.2. The van der Waals surface area contributed by atoms with E-state index in [-0.39, 0.29) is 6.42 Å². The van der Waals surface area contributed by atoms with Gasteiger partial charge in [0.2, 0.25) is 0 Å². The van der Waals surface area contributed by atoms with Crippen molar-refractivity contribution in [2.45, 2.75) is 22.7 Å². The second-order valence-corrected chi connectivity index (χ2v) is 11.7. The molecule has 0 aromatic heterocycles. The van der Waals surface area contributed by atoms with E-state index in [4.69, 9.17) is 67.5 Å². The molecule has 202 valence electrons. The van der Waals surface area contributed by atoms with Crippen molar-refractivity contribution in [2.24, 2.45) is 0 Å². The van der Waals surface area contributed by atoms with Gasteiger partial charge in [-0.15, -0.1) is 0 Å². The summed E-state index contributed by atoms with van der Waals surface area (Å²) in [5.41, 5.74) is 2.43. The standard InChI is InChI=1S/C16H16N2O4.C10H7Cl5O/c1-11-5-3-6-12(9-11)18-16(20)22-14-8-4-7-13(10-14)17-15(19)21-2;11-7-1-6(2-8(12)3-7)9(5-16-9)4-10(13,14)15/h3-10H,1-2H3,(H,17,19)(H,18,20);1-3H,4-5H2. The van der Waals surface area contributed by atoms with Crippen LogP contribution in [0.25, 0.3) is 0 Å². The van der Waals surface area contributed by atoms with E-state index in [0.717, 1.165) is 11.1 Å². The summed E-state index contributed by atoms with van der Waals surface area (Å²) >= 11 is 29.1. The molecule has 1 heterocycles. The van der Waals surface area contributed by atoms with Gasteiger partial charge in [-0.05, 0) is 60.5 Å². The highest BCUT2D eigenvalue weighted by Gasteiger charge is 2.51. The van der Waals surface area contributed by atoms with Crippen LogP contribution >= 0.6 is 58.0 Å². The molecule has 1 saturated heterocycles. The van der Waals surface area contributed by atoms with E-state index >= 15 is 0 Å². The van der Waals surface area contributed by atoms with E-state index in [1.807, 2.05) is 25.1 Å². The number of amides is 2. The van der Waals surface area contributed by atoms with E-state index < -0.39 is 21.6 Å². The van der Waals surface area contributed by atoms with Crippen LogP contribution in [0, 0.1) is 6.92 Å². The van der Waals surface area contributed by atoms with Crippen molar-refractivity contribution in [2.75, 3.05) is 24.4 Å². The first-order valence-corrected chi connectivity index (χ1v) is 12.9. The lowest BCUT2D eigenvalue weighted by Gasteiger charge is -2.18. The number of anilines is 2. The van der Waals surface area contributed by atoms with Crippen molar-refractivity contribution >= 4 is 81.6 Å². The maximum Gasteiger partial charge on any atom is 0.417 e. The number of hydrogen-bond acceptors (Lipinski definition) is 5. The SMILES string of the molecule is COC(=O)Nc1cccc(OC(=O)Nc2cccc(C)c2)c1.Clc1cc(Cl)cc(C2(CC(Cl)(Cl)Cl)CO2)c1. The zero-order chi connectivity index (χ0) is 27.9. The fourth-order valence-electron chi connectivity index (χ4n) is 3.38. The molecule has 1 aliphatic rings. The summed E-state index contributed by atoms with van der Waals surface area (Å²) in [5, 5.41) is 6.21. The number of halogens is 5. The first-order valence-electron chi connectivity index (χ1n) is 11.1. The topological polar surface area (TPSA) is 89.2 Å². The van der Waals surface area contributed by atoms with Crippen molar-refractivity contribution in [1.29, 1.82) is 0 Å². The molecule has 4 rings (SSSR count). The van der Waals surface area contributed by atoms with Gasteiger partial charge in [-0.3, -0.25) is 10.6 Å². The number of alkyl halides is 3. The van der Waals surface area contributed by atoms with E-state index in [1.165, 1.54) is 13.2 Å². The molecular weight excluding hydrogens is 598 g/mol. The maximum atomic E-state index is 11.8. The van der Waals surface area contributed by atoms with Gasteiger partial charge in [-0.25, -0.2) is 9.59 Å². The van der Waals surface area contributed by atoms with Crippen LogP contribution in [-0.2, 0) is 15.1 Å². The summed E-state index contributed by atoms with van der Waals surface area (Å²) in [6, 6.07) is 19.0. The fourth-order valence-corrected chi connectivity index (χ4v) is 4.55. The van der Waals surface area contributed by atoms with Crippen LogP contribution in [-0.4, -0.2) is 29.7 Å². The van der Waals surface area contributed by atoms with Crippen LogP contribution in [0.4, 0.5) is 21.0 Å². The number of hydrogen-bond donors (Lipinski definition) is 2. The zero-order valence-electron chi connectivity index (χ0n) is 20.2. The van der Waals surface area contributed by atoms with Crippen molar-refractivity contribution in [3.05, 3.63) is 87.9 Å². The number of epoxide rings is 1. The van der Waals surface area contributed by atoms with Gasteiger partial charge in [0.15, 0.2) is 3.79 Å². The molecule has 1 atom stereocenters. The molecule has 38 heavy (non-hydrogen) atoms. The average Bonchev–Trinajstić information content (AvgIpc) is 3.58. The lowest BCUT2D eigenvalue weighted by Crippen LogP contribution is -2.18. The molecule has 7 nitrogen and oxygen atoms in total. The molecule has 12 heteroatoms. The number of ether oxygens (including phenoxy) is 3. The van der Waals surface area contributed by atoms with Crippen LogP contribution in [0.2, 0.25) is 10.0 Å². The lowest BCUT2D eigenvalue weighted by atomic mass is 9.97. The molecule has 0 bridgehead atoms. The predicted molar refractivity (Wildman–Crippen MR) is 152 cm³/mol. The number of rotatable bonds is 5. The molecule has 1 unspecified atom stereocenters. The highest BCUT2D eigenvalue weighted by molar-refractivity contribution is 6.67. The van der Waals surface area contributed by atoms with Gasteiger partial charge in [0.1, 0.15) is 11.4 Å². The third-order valence-corrected chi connectivity index (χ3v) is 5.95. The van der Waals surface area contributed by atoms with Gasteiger partial charge in [-0.1, -0.05) is 76.2 Å². The molecule has 0 spiro atoms. The molecule has 1 aliphatic heterocycles. The minimum atomic E-state index is -1.36. The highest BCUT2D eigenvalue weighted by atomic mass is 35.6. The minimum Gasteiger partial charge on any atom is -0.453 e. The smallest absolute Gasteiger partial charge is 0.417 e. The largest absolute Gasteiger partial charge is 0.453 e. The number of aryl methyl sites for hydroxylation is 1. The van der Waals surface area contributed by atoms with Gasteiger partial charge in [0, 0.05) is 33.9 Å². The molecule has 2 N–H and O–H groups in total. The number of nitrogens with one attached hydrogen (secondary N) is 2. The minimum absolute atomic E-state index is 0.279. The Morgan fingerprint density at radius 3 is 2.05 bits per heavy atom. The Morgan fingerprint density at radius 1 is 0.921 bits per heavy atom.